The molecule has 10 nitrogen and oxygen atoms in total. The Balaban J connectivity index is 2.52. The minimum atomic E-state index is -1.21. The van der Waals surface area contributed by atoms with Crippen LogP contribution in [0.25, 0.3) is 0 Å². The molecule has 4 amide bonds. The van der Waals surface area contributed by atoms with Gasteiger partial charge in [0, 0.05) is 18.5 Å². The van der Waals surface area contributed by atoms with Crippen molar-refractivity contribution >= 4 is 23.8 Å². The molecule has 2 aromatic carbocycles. The number of hydrogen-bond donors (Lipinski definition) is 4. The van der Waals surface area contributed by atoms with Gasteiger partial charge in [-0.1, -0.05) is 42.5 Å². The Morgan fingerprint density at radius 1 is 0.974 bits per heavy atom. The Hall–Kier alpha value is -4.08. The van der Waals surface area contributed by atoms with Crippen molar-refractivity contribution in [3.63, 3.8) is 0 Å². The van der Waals surface area contributed by atoms with E-state index in [9.17, 15) is 24.3 Å². The number of phenolic OH excluding ortho intramolecular Hbond substituents is 1. The number of amides is 4. The summed E-state index contributed by atoms with van der Waals surface area (Å²) in [6.45, 7) is 10.5. The monoisotopic (exact) mass is 540 g/mol. The molecule has 2 atom stereocenters. The first-order valence-electron chi connectivity index (χ1n) is 12.8. The normalized spacial score (nSPS) is 13.1. The molecule has 0 aliphatic carbocycles. The van der Waals surface area contributed by atoms with Gasteiger partial charge in [-0.3, -0.25) is 14.4 Å². The molecule has 0 heterocycles. The first-order chi connectivity index (χ1) is 18.1. The summed E-state index contributed by atoms with van der Waals surface area (Å²) in [5, 5.41) is 15.6. The third-order valence-electron chi connectivity index (χ3n) is 5.63. The average Bonchev–Trinajstić information content (AvgIpc) is 2.81. The van der Waals surface area contributed by atoms with Crippen LogP contribution in [-0.2, 0) is 25.7 Å². The van der Waals surface area contributed by atoms with Crippen molar-refractivity contribution < 1.29 is 29.0 Å². The second kappa shape index (κ2) is 13.1. The fraction of sp³-hybridized carbons (Fsp3) is 0.448. The maximum Gasteiger partial charge on any atom is 0.408 e. The zero-order valence-corrected chi connectivity index (χ0v) is 23.5. The summed E-state index contributed by atoms with van der Waals surface area (Å²) in [6, 6.07) is 13.0. The SMILES string of the molecule is CC(C)(C)OC(=O)NC(CCC(N)=O)C(=O)N(C(C(=O)NCc1ccccc1)c1cccc(O)c1)C(C)(C)C. The summed E-state index contributed by atoms with van der Waals surface area (Å²) in [4.78, 5) is 53.5. The Labute approximate surface area is 229 Å². The van der Waals surface area contributed by atoms with Gasteiger partial charge in [-0.15, -0.1) is 0 Å². The van der Waals surface area contributed by atoms with Crippen molar-refractivity contribution in [1.82, 2.24) is 15.5 Å². The summed E-state index contributed by atoms with van der Waals surface area (Å²) in [5.74, 6) is -1.82. The molecule has 0 bridgehead atoms. The van der Waals surface area contributed by atoms with Crippen LogP contribution in [0.5, 0.6) is 5.75 Å². The van der Waals surface area contributed by atoms with Crippen molar-refractivity contribution in [3.05, 3.63) is 65.7 Å². The van der Waals surface area contributed by atoms with Crippen LogP contribution in [0, 0.1) is 0 Å². The molecular formula is C29H40N4O6. The molecule has 0 spiro atoms. The predicted octanol–water partition coefficient (Wildman–Crippen LogP) is 3.54. The summed E-state index contributed by atoms with van der Waals surface area (Å²) in [6.07, 6.45) is -1.12. The topological polar surface area (TPSA) is 151 Å². The quantitative estimate of drug-likeness (QED) is 0.362. The second-order valence-electron chi connectivity index (χ2n) is 11.3. The number of rotatable bonds is 10. The number of primary amides is 1. The van der Waals surface area contributed by atoms with Crippen molar-refractivity contribution in [3.8, 4) is 5.75 Å². The first-order valence-corrected chi connectivity index (χ1v) is 12.8. The van der Waals surface area contributed by atoms with Gasteiger partial charge in [0.15, 0.2) is 0 Å². The highest BCUT2D eigenvalue weighted by Gasteiger charge is 2.42. The number of ether oxygens (including phenoxy) is 1. The largest absolute Gasteiger partial charge is 0.508 e. The molecule has 2 aromatic rings. The first kappa shape index (κ1) is 31.1. The molecule has 212 valence electrons. The Morgan fingerprint density at radius 3 is 2.15 bits per heavy atom. The number of nitrogens with one attached hydrogen (secondary N) is 2. The van der Waals surface area contributed by atoms with E-state index in [0.29, 0.717) is 5.56 Å². The van der Waals surface area contributed by atoms with Gasteiger partial charge in [-0.2, -0.15) is 0 Å². The molecule has 0 aliphatic rings. The lowest BCUT2D eigenvalue weighted by Gasteiger charge is -2.43. The number of carbonyl (C=O) groups excluding carboxylic acids is 4. The summed E-state index contributed by atoms with van der Waals surface area (Å²) in [7, 11) is 0. The maximum atomic E-state index is 14.1. The molecule has 0 saturated heterocycles. The number of nitrogens with two attached hydrogens (primary N) is 1. The van der Waals surface area contributed by atoms with E-state index in [1.807, 2.05) is 30.3 Å². The van der Waals surface area contributed by atoms with Crippen molar-refractivity contribution in [2.45, 2.75) is 84.2 Å². The minimum absolute atomic E-state index is 0.0770. The molecule has 0 saturated carbocycles. The fourth-order valence-electron chi connectivity index (χ4n) is 4.00. The number of benzene rings is 2. The van der Waals surface area contributed by atoms with Crippen LogP contribution < -0.4 is 16.4 Å². The molecule has 5 N–H and O–H groups in total. The van der Waals surface area contributed by atoms with E-state index in [2.05, 4.69) is 10.6 Å². The zero-order chi connectivity index (χ0) is 29.4. The average molecular weight is 541 g/mol. The number of carbonyl (C=O) groups is 4. The van der Waals surface area contributed by atoms with E-state index < -0.39 is 47.0 Å². The molecule has 10 heteroatoms. The molecule has 2 unspecified atom stereocenters. The Bertz CT molecular complexity index is 1150. The number of hydrogen-bond acceptors (Lipinski definition) is 6. The van der Waals surface area contributed by atoms with Crippen molar-refractivity contribution in [2.75, 3.05) is 0 Å². The number of nitrogens with zero attached hydrogens (tertiary/aromatic N) is 1. The van der Waals surface area contributed by atoms with Gasteiger partial charge in [0.05, 0.1) is 0 Å². The predicted molar refractivity (Wildman–Crippen MR) is 147 cm³/mol. The van der Waals surface area contributed by atoms with Gasteiger partial charge in [0.1, 0.15) is 23.4 Å². The van der Waals surface area contributed by atoms with E-state index >= 15 is 0 Å². The molecule has 0 radical (unpaired) electrons. The van der Waals surface area contributed by atoms with Crippen LogP contribution >= 0.6 is 0 Å². The molecule has 39 heavy (non-hydrogen) atoms. The van der Waals surface area contributed by atoms with Crippen LogP contribution in [0.4, 0.5) is 4.79 Å². The molecule has 0 aromatic heterocycles. The van der Waals surface area contributed by atoms with Crippen LogP contribution in [0.15, 0.2) is 54.6 Å². The molecule has 0 fully saturated rings. The lowest BCUT2D eigenvalue weighted by Crippen LogP contribution is -2.58. The summed E-state index contributed by atoms with van der Waals surface area (Å²) in [5.41, 5.74) is 4.82. The van der Waals surface area contributed by atoms with Crippen molar-refractivity contribution in [2.24, 2.45) is 5.73 Å². The standard InChI is InChI=1S/C29H40N4O6/c1-28(2,3)33(26(37)22(15-16-23(30)35)32-27(38)39-29(4,5)6)24(20-13-10-14-21(34)17-20)25(36)31-18-19-11-8-7-9-12-19/h7-14,17,22,24,34H,15-16,18H2,1-6H3,(H2,30,35)(H,31,36)(H,32,38). The highest BCUT2D eigenvalue weighted by atomic mass is 16.6. The van der Waals surface area contributed by atoms with Gasteiger partial charge in [0.2, 0.25) is 17.7 Å². The summed E-state index contributed by atoms with van der Waals surface area (Å²) < 4.78 is 5.34. The maximum absolute atomic E-state index is 14.1. The van der Waals surface area contributed by atoms with Gasteiger partial charge in [-0.05, 0) is 71.2 Å². The second-order valence-corrected chi connectivity index (χ2v) is 11.3. The van der Waals surface area contributed by atoms with E-state index in [1.165, 1.54) is 17.0 Å². The third-order valence-corrected chi connectivity index (χ3v) is 5.63. The van der Waals surface area contributed by atoms with E-state index in [1.54, 1.807) is 53.7 Å². The molecule has 0 aliphatic heterocycles. The fourth-order valence-corrected chi connectivity index (χ4v) is 4.00. The Kier molecular flexibility index (Phi) is 10.5. The van der Waals surface area contributed by atoms with Crippen LogP contribution in [0.1, 0.15) is 71.6 Å². The zero-order valence-electron chi connectivity index (χ0n) is 23.5. The van der Waals surface area contributed by atoms with Crippen LogP contribution in [0.3, 0.4) is 0 Å². The van der Waals surface area contributed by atoms with Gasteiger partial charge in [0.25, 0.3) is 0 Å². The lowest BCUT2D eigenvalue weighted by molar-refractivity contribution is -0.148. The third kappa shape index (κ3) is 9.96. The van der Waals surface area contributed by atoms with E-state index in [-0.39, 0.29) is 25.1 Å². The number of phenols is 1. The van der Waals surface area contributed by atoms with Crippen LogP contribution in [-0.4, -0.2) is 51.0 Å². The molecular weight excluding hydrogens is 500 g/mol. The van der Waals surface area contributed by atoms with E-state index in [0.717, 1.165) is 5.56 Å². The molecule has 2 rings (SSSR count). The minimum Gasteiger partial charge on any atom is -0.508 e. The van der Waals surface area contributed by atoms with E-state index in [4.69, 9.17) is 10.5 Å². The van der Waals surface area contributed by atoms with Crippen molar-refractivity contribution in [1.29, 1.82) is 0 Å². The number of aromatic hydroxyl groups is 1. The van der Waals surface area contributed by atoms with Gasteiger partial charge >= 0.3 is 6.09 Å². The lowest BCUT2D eigenvalue weighted by atomic mass is 9.94. The van der Waals surface area contributed by atoms with Gasteiger partial charge < -0.3 is 31.1 Å². The number of alkyl carbamates (subject to hydrolysis) is 1. The van der Waals surface area contributed by atoms with Gasteiger partial charge in [-0.25, -0.2) is 4.79 Å². The van der Waals surface area contributed by atoms with Crippen LogP contribution in [0.2, 0.25) is 0 Å². The smallest absolute Gasteiger partial charge is 0.408 e. The summed E-state index contributed by atoms with van der Waals surface area (Å²) >= 11 is 0. The highest BCUT2D eigenvalue weighted by molar-refractivity contribution is 5.93. The highest BCUT2D eigenvalue weighted by Crippen LogP contribution is 2.32. The Morgan fingerprint density at radius 2 is 1.62 bits per heavy atom.